The van der Waals surface area contributed by atoms with Gasteiger partial charge in [-0.25, -0.2) is 0 Å². The van der Waals surface area contributed by atoms with E-state index in [1.54, 1.807) is 0 Å². The zero-order chi connectivity index (χ0) is 11.1. The second-order valence-electron chi connectivity index (χ2n) is 4.67. The molecule has 2 heteroatoms. The lowest BCUT2D eigenvalue weighted by Gasteiger charge is -2.38. The standard InChI is InChI=1S/C13H16O2/c1-9(2)13(3)8-11(14)10-6-4-5-7-12(10)15-13/h4-7,9H,8H2,1-3H3. The lowest BCUT2D eigenvalue weighted by atomic mass is 9.83. The van der Waals surface area contributed by atoms with Crippen molar-refractivity contribution in [2.75, 3.05) is 0 Å². The molecule has 1 aromatic rings. The molecule has 2 rings (SSSR count). The normalized spacial score (nSPS) is 24.9. The van der Waals surface area contributed by atoms with Gasteiger partial charge in [-0.3, -0.25) is 4.79 Å². The van der Waals surface area contributed by atoms with Crippen LogP contribution in [0.3, 0.4) is 0 Å². The summed E-state index contributed by atoms with van der Waals surface area (Å²) in [5, 5.41) is 0. The third-order valence-corrected chi connectivity index (χ3v) is 3.26. The Bertz CT molecular complexity index is 395. The number of fused-ring (bicyclic) bond motifs is 1. The van der Waals surface area contributed by atoms with Gasteiger partial charge in [-0.1, -0.05) is 26.0 Å². The van der Waals surface area contributed by atoms with E-state index in [9.17, 15) is 4.79 Å². The summed E-state index contributed by atoms with van der Waals surface area (Å²) in [6, 6.07) is 7.47. The minimum atomic E-state index is -0.356. The van der Waals surface area contributed by atoms with E-state index in [0.717, 1.165) is 11.3 Å². The molecule has 80 valence electrons. The number of hydrogen-bond acceptors (Lipinski definition) is 2. The molecule has 0 amide bonds. The molecule has 2 nitrogen and oxygen atoms in total. The molecule has 0 spiro atoms. The Morgan fingerprint density at radius 3 is 2.67 bits per heavy atom. The summed E-state index contributed by atoms with van der Waals surface area (Å²) in [5.74, 6) is 1.24. The summed E-state index contributed by atoms with van der Waals surface area (Å²) >= 11 is 0. The van der Waals surface area contributed by atoms with Gasteiger partial charge in [0.1, 0.15) is 11.4 Å². The van der Waals surface area contributed by atoms with Crippen molar-refractivity contribution in [3.05, 3.63) is 29.8 Å². The first-order chi connectivity index (χ1) is 7.03. The Morgan fingerprint density at radius 1 is 1.33 bits per heavy atom. The summed E-state index contributed by atoms with van der Waals surface area (Å²) in [6.07, 6.45) is 0.474. The molecular weight excluding hydrogens is 188 g/mol. The highest BCUT2D eigenvalue weighted by Gasteiger charge is 2.38. The molecule has 15 heavy (non-hydrogen) atoms. The molecule has 0 fully saturated rings. The zero-order valence-electron chi connectivity index (χ0n) is 9.41. The van der Waals surface area contributed by atoms with Gasteiger partial charge in [-0.15, -0.1) is 0 Å². The summed E-state index contributed by atoms with van der Waals surface area (Å²) in [4.78, 5) is 11.9. The molecule has 0 N–H and O–H groups in total. The highest BCUT2D eigenvalue weighted by atomic mass is 16.5. The quantitative estimate of drug-likeness (QED) is 0.702. The van der Waals surface area contributed by atoms with Gasteiger partial charge < -0.3 is 4.74 Å². The van der Waals surface area contributed by atoms with Gasteiger partial charge in [0.15, 0.2) is 5.78 Å². The number of ketones is 1. The largest absolute Gasteiger partial charge is 0.486 e. The minimum Gasteiger partial charge on any atom is -0.486 e. The monoisotopic (exact) mass is 204 g/mol. The van der Waals surface area contributed by atoms with E-state index in [0.29, 0.717) is 12.3 Å². The predicted molar refractivity (Wildman–Crippen MR) is 59.3 cm³/mol. The van der Waals surface area contributed by atoms with Crippen LogP contribution < -0.4 is 4.74 Å². The van der Waals surface area contributed by atoms with Gasteiger partial charge in [0.2, 0.25) is 0 Å². The average Bonchev–Trinajstić information content (AvgIpc) is 2.17. The highest BCUT2D eigenvalue weighted by Crippen LogP contribution is 2.36. The minimum absolute atomic E-state index is 0.188. The van der Waals surface area contributed by atoms with Crippen LogP contribution in [0.25, 0.3) is 0 Å². The third kappa shape index (κ3) is 1.65. The van der Waals surface area contributed by atoms with Crippen molar-refractivity contribution in [2.24, 2.45) is 5.92 Å². The molecule has 1 atom stereocenters. The van der Waals surface area contributed by atoms with Crippen LogP contribution in [0.2, 0.25) is 0 Å². The van der Waals surface area contributed by atoms with Gasteiger partial charge in [0, 0.05) is 0 Å². The number of rotatable bonds is 1. The van der Waals surface area contributed by atoms with Gasteiger partial charge in [0.25, 0.3) is 0 Å². The molecule has 0 bridgehead atoms. The summed E-state index contributed by atoms with van der Waals surface area (Å²) in [6.45, 7) is 6.17. The maximum atomic E-state index is 11.9. The van der Waals surface area contributed by atoms with Crippen LogP contribution in [0.1, 0.15) is 37.6 Å². The molecule has 0 aromatic heterocycles. The van der Waals surface area contributed by atoms with E-state index in [1.165, 1.54) is 0 Å². The zero-order valence-corrected chi connectivity index (χ0v) is 9.41. The van der Waals surface area contributed by atoms with E-state index >= 15 is 0 Å². The smallest absolute Gasteiger partial charge is 0.170 e. The molecule has 0 aliphatic carbocycles. The summed E-state index contributed by atoms with van der Waals surface area (Å²) in [7, 11) is 0. The molecule has 1 aromatic carbocycles. The number of ether oxygens (including phenoxy) is 1. The molecule has 0 saturated carbocycles. The topological polar surface area (TPSA) is 26.3 Å². The predicted octanol–water partition coefficient (Wildman–Crippen LogP) is 3.07. The second kappa shape index (κ2) is 3.37. The van der Waals surface area contributed by atoms with Gasteiger partial charge in [0.05, 0.1) is 12.0 Å². The van der Waals surface area contributed by atoms with Crippen molar-refractivity contribution in [3.63, 3.8) is 0 Å². The fourth-order valence-electron chi connectivity index (χ4n) is 1.81. The van der Waals surface area contributed by atoms with Gasteiger partial charge >= 0.3 is 0 Å². The number of hydrogen-bond donors (Lipinski definition) is 0. The van der Waals surface area contributed by atoms with Gasteiger partial charge in [-0.05, 0) is 25.0 Å². The first kappa shape index (κ1) is 10.2. The van der Waals surface area contributed by atoms with E-state index in [2.05, 4.69) is 13.8 Å². The van der Waals surface area contributed by atoms with Crippen LogP contribution in [-0.2, 0) is 0 Å². The van der Waals surface area contributed by atoms with E-state index < -0.39 is 0 Å². The first-order valence-corrected chi connectivity index (χ1v) is 5.34. The van der Waals surface area contributed by atoms with Crippen LogP contribution in [0.5, 0.6) is 5.75 Å². The Morgan fingerprint density at radius 2 is 2.00 bits per heavy atom. The van der Waals surface area contributed by atoms with Crippen LogP contribution in [0.15, 0.2) is 24.3 Å². The van der Waals surface area contributed by atoms with Gasteiger partial charge in [-0.2, -0.15) is 0 Å². The first-order valence-electron chi connectivity index (χ1n) is 5.34. The second-order valence-corrected chi connectivity index (χ2v) is 4.67. The number of para-hydroxylation sites is 1. The SMILES string of the molecule is CC(C)C1(C)CC(=O)c2ccccc2O1. The summed E-state index contributed by atoms with van der Waals surface area (Å²) in [5.41, 5.74) is 0.362. The highest BCUT2D eigenvalue weighted by molar-refractivity contribution is 6.00. The molecule has 0 radical (unpaired) electrons. The average molecular weight is 204 g/mol. The molecule has 1 aliphatic heterocycles. The van der Waals surface area contributed by atoms with E-state index in [4.69, 9.17) is 4.74 Å². The maximum absolute atomic E-state index is 11.9. The number of benzene rings is 1. The maximum Gasteiger partial charge on any atom is 0.170 e. The van der Waals surface area contributed by atoms with Crippen molar-refractivity contribution in [2.45, 2.75) is 32.8 Å². The van der Waals surface area contributed by atoms with Crippen LogP contribution in [0, 0.1) is 5.92 Å². The van der Waals surface area contributed by atoms with Crippen molar-refractivity contribution in [1.82, 2.24) is 0 Å². The Hall–Kier alpha value is -1.31. The van der Waals surface area contributed by atoms with Crippen molar-refractivity contribution in [1.29, 1.82) is 0 Å². The Balaban J connectivity index is 2.42. The summed E-state index contributed by atoms with van der Waals surface area (Å²) < 4.78 is 5.93. The lowest BCUT2D eigenvalue weighted by Crippen LogP contribution is -2.43. The third-order valence-electron chi connectivity index (χ3n) is 3.26. The molecule has 0 saturated heterocycles. The van der Waals surface area contributed by atoms with Crippen LogP contribution >= 0.6 is 0 Å². The Kier molecular flexibility index (Phi) is 2.29. The number of Topliss-reactive ketones (excluding diaryl/α,β-unsaturated/α-hetero) is 1. The fraction of sp³-hybridized carbons (Fsp3) is 0.462. The lowest BCUT2D eigenvalue weighted by molar-refractivity contribution is 0.0212. The molecule has 1 heterocycles. The molecular formula is C13H16O2. The number of carbonyl (C=O) groups is 1. The van der Waals surface area contributed by atoms with E-state index in [1.807, 2.05) is 31.2 Å². The molecule has 1 aliphatic rings. The van der Waals surface area contributed by atoms with Crippen molar-refractivity contribution < 1.29 is 9.53 Å². The number of carbonyl (C=O) groups excluding carboxylic acids is 1. The van der Waals surface area contributed by atoms with Crippen LogP contribution in [-0.4, -0.2) is 11.4 Å². The molecule has 1 unspecified atom stereocenters. The Labute approximate surface area is 90.3 Å². The van der Waals surface area contributed by atoms with Crippen LogP contribution in [0.4, 0.5) is 0 Å². The fourth-order valence-corrected chi connectivity index (χ4v) is 1.81. The van der Waals surface area contributed by atoms with E-state index in [-0.39, 0.29) is 11.4 Å². The van der Waals surface area contributed by atoms with Crippen molar-refractivity contribution >= 4 is 5.78 Å². The van der Waals surface area contributed by atoms with Crippen molar-refractivity contribution in [3.8, 4) is 5.75 Å².